The average Bonchev–Trinajstić information content (AvgIpc) is 2.99. The van der Waals surface area contributed by atoms with Crippen molar-refractivity contribution in [1.29, 1.82) is 0 Å². The van der Waals surface area contributed by atoms with Crippen molar-refractivity contribution in [2.75, 3.05) is 25.3 Å². The number of hydrogen-bond donors (Lipinski definition) is 2. The fourth-order valence-corrected chi connectivity index (χ4v) is 2.44. The molecule has 0 spiro atoms. The number of urea groups is 1. The summed E-state index contributed by atoms with van der Waals surface area (Å²) in [4.78, 5) is 11.8. The van der Waals surface area contributed by atoms with Gasteiger partial charge in [0.25, 0.3) is 0 Å². The number of anilines is 1. The van der Waals surface area contributed by atoms with E-state index in [4.69, 9.17) is 14.2 Å². The zero-order valence-corrected chi connectivity index (χ0v) is 13.8. The molecular weight excluding hydrogens is 364 g/mol. The predicted octanol–water partition coefficient (Wildman–Crippen LogP) is 3.38. The Kier molecular flexibility index (Phi) is 4.87. The Balaban J connectivity index is 1.40. The Morgan fingerprint density at radius 3 is 2.91 bits per heavy atom. The van der Waals surface area contributed by atoms with Crippen LogP contribution >= 0.6 is 15.9 Å². The summed E-state index contributed by atoms with van der Waals surface area (Å²) in [7, 11) is 0. The Morgan fingerprint density at radius 1 is 1.17 bits per heavy atom. The Morgan fingerprint density at radius 2 is 2.04 bits per heavy atom. The van der Waals surface area contributed by atoms with Crippen LogP contribution in [0.3, 0.4) is 0 Å². The van der Waals surface area contributed by atoms with Gasteiger partial charge in [0.1, 0.15) is 12.4 Å². The number of amides is 2. The Labute approximate surface area is 141 Å². The van der Waals surface area contributed by atoms with Crippen LogP contribution in [-0.4, -0.2) is 26.0 Å². The predicted molar refractivity (Wildman–Crippen MR) is 89.2 cm³/mol. The first kappa shape index (κ1) is 15.5. The molecule has 0 saturated heterocycles. The van der Waals surface area contributed by atoms with Gasteiger partial charge in [-0.25, -0.2) is 4.79 Å². The van der Waals surface area contributed by atoms with E-state index >= 15 is 0 Å². The van der Waals surface area contributed by atoms with Crippen molar-refractivity contribution in [2.45, 2.75) is 0 Å². The van der Waals surface area contributed by atoms with Crippen molar-refractivity contribution in [3.05, 3.63) is 46.9 Å². The molecular formula is C16H15BrN2O4. The third-order valence-electron chi connectivity index (χ3n) is 3.08. The van der Waals surface area contributed by atoms with Crippen LogP contribution in [0.15, 0.2) is 46.9 Å². The maximum atomic E-state index is 11.8. The van der Waals surface area contributed by atoms with Gasteiger partial charge < -0.3 is 24.8 Å². The maximum Gasteiger partial charge on any atom is 0.319 e. The van der Waals surface area contributed by atoms with E-state index in [1.54, 1.807) is 18.2 Å². The van der Waals surface area contributed by atoms with Crippen molar-refractivity contribution in [3.63, 3.8) is 0 Å². The zero-order valence-electron chi connectivity index (χ0n) is 12.2. The second kappa shape index (κ2) is 7.23. The first-order chi connectivity index (χ1) is 11.2. The number of fused-ring (bicyclic) bond motifs is 1. The Bertz CT molecular complexity index is 708. The molecule has 0 unspecified atom stereocenters. The van der Waals surface area contributed by atoms with Gasteiger partial charge >= 0.3 is 6.03 Å². The van der Waals surface area contributed by atoms with Crippen molar-refractivity contribution in [2.24, 2.45) is 0 Å². The highest BCUT2D eigenvalue weighted by Crippen LogP contribution is 2.34. The number of rotatable bonds is 5. The van der Waals surface area contributed by atoms with Crippen LogP contribution in [0, 0.1) is 0 Å². The van der Waals surface area contributed by atoms with Gasteiger partial charge in [-0.3, -0.25) is 0 Å². The third-order valence-corrected chi connectivity index (χ3v) is 3.58. The number of carbonyl (C=O) groups excluding carboxylic acids is 1. The van der Waals surface area contributed by atoms with Gasteiger partial charge in [0, 0.05) is 16.2 Å². The minimum absolute atomic E-state index is 0.232. The number of carbonyl (C=O) groups is 1. The van der Waals surface area contributed by atoms with E-state index in [0.717, 1.165) is 4.47 Å². The highest BCUT2D eigenvalue weighted by molar-refractivity contribution is 9.10. The van der Waals surface area contributed by atoms with E-state index in [1.165, 1.54) is 0 Å². The zero-order chi connectivity index (χ0) is 16.1. The molecule has 1 aliphatic rings. The van der Waals surface area contributed by atoms with Crippen LogP contribution in [0.2, 0.25) is 0 Å². The topological polar surface area (TPSA) is 68.8 Å². The van der Waals surface area contributed by atoms with E-state index in [2.05, 4.69) is 26.6 Å². The number of nitrogens with one attached hydrogen (secondary N) is 2. The van der Waals surface area contributed by atoms with Crippen LogP contribution < -0.4 is 24.8 Å². The maximum absolute atomic E-state index is 11.8. The van der Waals surface area contributed by atoms with Crippen LogP contribution in [0.5, 0.6) is 17.2 Å². The molecule has 23 heavy (non-hydrogen) atoms. The molecule has 0 aliphatic carbocycles. The first-order valence-electron chi connectivity index (χ1n) is 7.03. The van der Waals surface area contributed by atoms with Crippen molar-refractivity contribution < 1.29 is 19.0 Å². The van der Waals surface area contributed by atoms with Gasteiger partial charge in [-0.1, -0.05) is 22.0 Å². The molecule has 1 aliphatic heterocycles. The standard InChI is InChI=1S/C16H15BrN2O4/c17-11-2-1-3-12(8-11)19-16(20)18-6-7-21-13-4-5-14-15(9-13)23-10-22-14/h1-5,8-9H,6-7,10H2,(H2,18,19,20). The second-order valence-corrected chi connectivity index (χ2v) is 5.67. The van der Waals surface area contributed by atoms with Crippen LogP contribution in [0.25, 0.3) is 0 Å². The lowest BCUT2D eigenvalue weighted by Gasteiger charge is -2.09. The summed E-state index contributed by atoms with van der Waals surface area (Å²) >= 11 is 3.35. The molecule has 3 rings (SSSR count). The first-order valence-corrected chi connectivity index (χ1v) is 7.83. The van der Waals surface area contributed by atoms with E-state index in [1.807, 2.05) is 24.3 Å². The van der Waals surface area contributed by atoms with Gasteiger partial charge in [-0.05, 0) is 30.3 Å². The summed E-state index contributed by atoms with van der Waals surface area (Å²) < 4.78 is 17.0. The molecule has 7 heteroatoms. The van der Waals surface area contributed by atoms with Gasteiger partial charge in [0.05, 0.1) is 6.54 Å². The summed E-state index contributed by atoms with van der Waals surface area (Å²) in [6.07, 6.45) is 0. The summed E-state index contributed by atoms with van der Waals surface area (Å²) in [5.74, 6) is 2.05. The number of benzene rings is 2. The molecule has 0 bridgehead atoms. The van der Waals surface area contributed by atoms with Crippen molar-refractivity contribution in [1.82, 2.24) is 5.32 Å². The number of hydrogen-bond acceptors (Lipinski definition) is 4. The van der Waals surface area contributed by atoms with E-state index in [-0.39, 0.29) is 12.8 Å². The average molecular weight is 379 g/mol. The molecule has 0 radical (unpaired) electrons. The third kappa shape index (κ3) is 4.29. The van der Waals surface area contributed by atoms with Crippen LogP contribution in [0.1, 0.15) is 0 Å². The van der Waals surface area contributed by atoms with Crippen molar-refractivity contribution in [3.8, 4) is 17.2 Å². The fraction of sp³-hybridized carbons (Fsp3) is 0.188. The number of halogens is 1. The summed E-state index contributed by atoms with van der Waals surface area (Å²) in [5, 5.41) is 5.47. The molecule has 2 aromatic carbocycles. The lowest BCUT2D eigenvalue weighted by Crippen LogP contribution is -2.32. The molecule has 2 amide bonds. The molecule has 0 aromatic heterocycles. The largest absolute Gasteiger partial charge is 0.492 e. The molecule has 1 heterocycles. The SMILES string of the molecule is O=C(NCCOc1ccc2c(c1)OCO2)Nc1cccc(Br)c1. The lowest BCUT2D eigenvalue weighted by atomic mass is 10.3. The van der Waals surface area contributed by atoms with Gasteiger partial charge in [0.2, 0.25) is 6.79 Å². The number of ether oxygens (including phenoxy) is 3. The monoisotopic (exact) mass is 378 g/mol. The molecule has 6 nitrogen and oxygen atoms in total. The second-order valence-electron chi connectivity index (χ2n) is 4.75. The molecule has 0 saturated carbocycles. The van der Waals surface area contributed by atoms with E-state index < -0.39 is 0 Å². The lowest BCUT2D eigenvalue weighted by molar-refractivity contribution is 0.173. The molecule has 2 aromatic rings. The normalized spacial score (nSPS) is 11.9. The molecule has 0 fully saturated rings. The molecule has 120 valence electrons. The van der Waals surface area contributed by atoms with Crippen molar-refractivity contribution >= 4 is 27.6 Å². The highest BCUT2D eigenvalue weighted by Gasteiger charge is 2.13. The quantitative estimate of drug-likeness (QED) is 0.782. The fourth-order valence-electron chi connectivity index (χ4n) is 2.04. The van der Waals surface area contributed by atoms with Gasteiger partial charge in [0.15, 0.2) is 11.5 Å². The van der Waals surface area contributed by atoms with E-state index in [0.29, 0.717) is 36.1 Å². The smallest absolute Gasteiger partial charge is 0.319 e. The van der Waals surface area contributed by atoms with Gasteiger partial charge in [-0.15, -0.1) is 0 Å². The summed E-state index contributed by atoms with van der Waals surface area (Å²) in [6.45, 7) is 0.968. The highest BCUT2D eigenvalue weighted by atomic mass is 79.9. The van der Waals surface area contributed by atoms with Crippen LogP contribution in [0.4, 0.5) is 10.5 Å². The summed E-state index contributed by atoms with van der Waals surface area (Å²) in [6, 6.07) is 12.5. The van der Waals surface area contributed by atoms with E-state index in [9.17, 15) is 4.79 Å². The minimum atomic E-state index is -0.280. The molecule has 2 N–H and O–H groups in total. The Hall–Kier alpha value is -2.41. The molecule has 0 atom stereocenters. The summed E-state index contributed by atoms with van der Waals surface area (Å²) in [5.41, 5.74) is 0.716. The minimum Gasteiger partial charge on any atom is -0.492 e. The van der Waals surface area contributed by atoms with Gasteiger partial charge in [-0.2, -0.15) is 0 Å². The van der Waals surface area contributed by atoms with Crippen LogP contribution in [-0.2, 0) is 0 Å².